The van der Waals surface area contributed by atoms with E-state index in [0.717, 1.165) is 22.9 Å². The number of fused-ring (bicyclic) bond motifs is 1. The lowest BCUT2D eigenvalue weighted by atomic mass is 10.1. The minimum Gasteiger partial charge on any atom is -0.386 e. The molecular weight excluding hydrogens is 489 g/mol. The number of benzene rings is 2. The van der Waals surface area contributed by atoms with Gasteiger partial charge in [0.05, 0.1) is 12.6 Å². The monoisotopic (exact) mass is 514 g/mol. The summed E-state index contributed by atoms with van der Waals surface area (Å²) in [5, 5.41) is 17.6. The van der Waals surface area contributed by atoms with Crippen molar-refractivity contribution in [3.63, 3.8) is 0 Å². The Bertz CT molecular complexity index is 944. The fraction of sp³-hybridized carbons (Fsp3) is 0.286. The molecule has 0 aliphatic carbocycles. The van der Waals surface area contributed by atoms with Gasteiger partial charge in [-0.2, -0.15) is 0 Å². The van der Waals surface area contributed by atoms with Gasteiger partial charge in [-0.25, -0.2) is 8.78 Å². The van der Waals surface area contributed by atoms with Crippen LogP contribution in [0.15, 0.2) is 53.7 Å². The summed E-state index contributed by atoms with van der Waals surface area (Å²) in [6.45, 7) is 3.43. The molecule has 0 amide bonds. The second kappa shape index (κ2) is 11.1. The van der Waals surface area contributed by atoms with Crippen molar-refractivity contribution in [3.05, 3.63) is 71.4 Å². The highest BCUT2D eigenvalue weighted by atomic mass is 127. The van der Waals surface area contributed by atoms with Gasteiger partial charge < -0.3 is 20.7 Å². The zero-order valence-corrected chi connectivity index (χ0v) is 18.4. The molecule has 29 heavy (non-hydrogen) atoms. The minimum absolute atomic E-state index is 0. The highest BCUT2D eigenvalue weighted by Gasteiger charge is 2.08. The first-order valence-corrected chi connectivity index (χ1v) is 9.28. The number of guanidine groups is 1. The number of hydrogen-bond acceptors (Lipinski definition) is 2. The number of halogens is 3. The largest absolute Gasteiger partial charge is 0.386 e. The summed E-state index contributed by atoms with van der Waals surface area (Å²) in [6.07, 6.45) is 1.81. The quantitative estimate of drug-likeness (QED) is 0.220. The molecular formula is C21H25F2IN4O. The third-order valence-electron chi connectivity index (χ3n) is 4.44. The first-order chi connectivity index (χ1) is 13.6. The van der Waals surface area contributed by atoms with Crippen LogP contribution in [-0.2, 0) is 6.42 Å². The molecule has 0 radical (unpaired) electrons. The Morgan fingerprint density at radius 3 is 2.55 bits per heavy atom. The molecule has 1 aromatic heterocycles. The highest BCUT2D eigenvalue weighted by molar-refractivity contribution is 14.0. The minimum atomic E-state index is -0.806. The predicted molar refractivity (Wildman–Crippen MR) is 123 cm³/mol. The zero-order valence-electron chi connectivity index (χ0n) is 16.1. The van der Waals surface area contributed by atoms with Crippen LogP contribution in [0.2, 0.25) is 0 Å². The van der Waals surface area contributed by atoms with Crippen LogP contribution < -0.4 is 10.6 Å². The van der Waals surface area contributed by atoms with Crippen LogP contribution in [0.25, 0.3) is 10.9 Å². The van der Waals surface area contributed by atoms with Crippen LogP contribution in [-0.4, -0.2) is 35.7 Å². The van der Waals surface area contributed by atoms with Gasteiger partial charge in [0.15, 0.2) is 5.96 Å². The number of hydrogen-bond donors (Lipinski definition) is 4. The SMILES string of the molecule is CCNC(=NCC(O)c1ccc(F)cc1)NCCc1c[nH]c2cc(F)ccc12.I. The number of H-pyrrole nitrogens is 1. The number of nitrogens with one attached hydrogen (secondary N) is 3. The van der Waals surface area contributed by atoms with E-state index < -0.39 is 6.10 Å². The second-order valence-electron chi connectivity index (χ2n) is 6.47. The molecule has 0 saturated carbocycles. The number of aliphatic hydroxyl groups excluding tert-OH is 1. The molecule has 0 aliphatic rings. The first kappa shape index (κ1) is 23.1. The molecule has 0 saturated heterocycles. The molecule has 5 nitrogen and oxygen atoms in total. The van der Waals surface area contributed by atoms with Gasteiger partial charge >= 0.3 is 0 Å². The number of nitrogens with zero attached hydrogens (tertiary/aromatic N) is 1. The standard InChI is InChI=1S/C21H24F2N4O.HI/c1-2-24-21(27-13-20(28)14-3-5-16(22)6-4-14)25-10-9-15-12-26-19-11-17(23)7-8-18(15)19;/h3-8,11-12,20,26,28H,2,9-10,13H2,1H3,(H2,24,25,27);1H. The molecule has 4 N–H and O–H groups in total. The summed E-state index contributed by atoms with van der Waals surface area (Å²) in [7, 11) is 0. The maximum absolute atomic E-state index is 13.3. The van der Waals surface area contributed by atoms with Crippen molar-refractivity contribution in [2.24, 2.45) is 4.99 Å². The summed E-state index contributed by atoms with van der Waals surface area (Å²) in [5.74, 6) is -0.00988. The van der Waals surface area contributed by atoms with Gasteiger partial charge in [-0.05, 0) is 54.8 Å². The van der Waals surface area contributed by atoms with Crippen molar-refractivity contribution in [2.75, 3.05) is 19.6 Å². The lowest BCUT2D eigenvalue weighted by molar-refractivity contribution is 0.187. The van der Waals surface area contributed by atoms with Gasteiger partial charge in [0.25, 0.3) is 0 Å². The molecule has 0 spiro atoms. The summed E-state index contributed by atoms with van der Waals surface area (Å²) < 4.78 is 26.3. The smallest absolute Gasteiger partial charge is 0.191 e. The molecule has 1 unspecified atom stereocenters. The van der Waals surface area contributed by atoms with Crippen molar-refractivity contribution in [3.8, 4) is 0 Å². The zero-order chi connectivity index (χ0) is 19.9. The molecule has 8 heteroatoms. The Hall–Kier alpha value is -2.20. The fourth-order valence-corrected chi connectivity index (χ4v) is 2.99. The van der Waals surface area contributed by atoms with Crippen molar-refractivity contribution >= 4 is 40.8 Å². The maximum Gasteiger partial charge on any atom is 0.191 e. The molecule has 0 fully saturated rings. The summed E-state index contributed by atoms with van der Waals surface area (Å²) in [5.41, 5.74) is 2.48. The van der Waals surface area contributed by atoms with E-state index in [0.29, 0.717) is 24.6 Å². The van der Waals surface area contributed by atoms with E-state index in [1.54, 1.807) is 18.2 Å². The van der Waals surface area contributed by atoms with Crippen LogP contribution in [0.4, 0.5) is 8.78 Å². The van der Waals surface area contributed by atoms with Gasteiger partial charge in [0.1, 0.15) is 11.6 Å². The summed E-state index contributed by atoms with van der Waals surface area (Å²) >= 11 is 0. The molecule has 0 aliphatic heterocycles. The Morgan fingerprint density at radius 2 is 1.83 bits per heavy atom. The molecule has 1 atom stereocenters. The van der Waals surface area contributed by atoms with Gasteiger partial charge in [-0.15, -0.1) is 24.0 Å². The van der Waals surface area contributed by atoms with Gasteiger partial charge in [0.2, 0.25) is 0 Å². The van der Waals surface area contributed by atoms with Gasteiger partial charge in [0, 0.05) is 30.2 Å². The number of aliphatic hydroxyl groups is 1. The highest BCUT2D eigenvalue weighted by Crippen LogP contribution is 2.19. The molecule has 3 aromatic rings. The summed E-state index contributed by atoms with van der Waals surface area (Å²) in [4.78, 5) is 7.48. The Labute approximate surface area is 185 Å². The maximum atomic E-state index is 13.3. The molecule has 0 bridgehead atoms. The van der Waals surface area contributed by atoms with Crippen molar-refractivity contribution in [2.45, 2.75) is 19.4 Å². The number of aromatic nitrogens is 1. The van der Waals surface area contributed by atoms with Gasteiger partial charge in [-0.3, -0.25) is 4.99 Å². The number of rotatable bonds is 7. The van der Waals surface area contributed by atoms with Crippen LogP contribution in [0.1, 0.15) is 24.2 Å². The molecule has 1 heterocycles. The second-order valence-corrected chi connectivity index (χ2v) is 6.47. The van der Waals surface area contributed by atoms with E-state index in [4.69, 9.17) is 0 Å². The Balaban J connectivity index is 0.00000300. The van der Waals surface area contributed by atoms with E-state index in [1.807, 2.05) is 13.1 Å². The average molecular weight is 514 g/mol. The summed E-state index contributed by atoms with van der Waals surface area (Å²) in [6, 6.07) is 10.4. The van der Waals surface area contributed by atoms with Crippen molar-refractivity contribution in [1.29, 1.82) is 0 Å². The third-order valence-corrected chi connectivity index (χ3v) is 4.44. The molecule has 3 rings (SSSR count). The molecule has 2 aromatic carbocycles. The topological polar surface area (TPSA) is 72.4 Å². The van der Waals surface area contributed by atoms with Crippen molar-refractivity contribution < 1.29 is 13.9 Å². The number of aliphatic imine (C=N–C) groups is 1. The normalized spacial score (nSPS) is 12.5. The molecule has 156 valence electrons. The lowest BCUT2D eigenvalue weighted by Gasteiger charge is -2.13. The number of aromatic amines is 1. The van der Waals surface area contributed by atoms with E-state index in [2.05, 4.69) is 20.6 Å². The predicted octanol–water partition coefficient (Wildman–Crippen LogP) is 3.90. The van der Waals surface area contributed by atoms with E-state index in [1.165, 1.54) is 24.3 Å². The van der Waals surface area contributed by atoms with Crippen LogP contribution in [0, 0.1) is 11.6 Å². The Kier molecular flexibility index (Phi) is 8.84. The van der Waals surface area contributed by atoms with E-state index in [9.17, 15) is 13.9 Å². The lowest BCUT2D eigenvalue weighted by Crippen LogP contribution is -2.38. The van der Waals surface area contributed by atoms with Gasteiger partial charge in [-0.1, -0.05) is 12.1 Å². The third kappa shape index (κ3) is 6.40. The van der Waals surface area contributed by atoms with Crippen LogP contribution in [0.3, 0.4) is 0 Å². The average Bonchev–Trinajstić information content (AvgIpc) is 3.08. The fourth-order valence-electron chi connectivity index (χ4n) is 2.99. The van der Waals surface area contributed by atoms with Crippen LogP contribution >= 0.6 is 24.0 Å². The van der Waals surface area contributed by atoms with Crippen LogP contribution in [0.5, 0.6) is 0 Å². The van der Waals surface area contributed by atoms with Crippen molar-refractivity contribution in [1.82, 2.24) is 15.6 Å². The van der Waals surface area contributed by atoms with E-state index >= 15 is 0 Å². The van der Waals surface area contributed by atoms with E-state index in [-0.39, 0.29) is 42.2 Å². The Morgan fingerprint density at radius 1 is 1.10 bits per heavy atom. The first-order valence-electron chi connectivity index (χ1n) is 9.28.